The lowest BCUT2D eigenvalue weighted by molar-refractivity contribution is 0.0350. The highest BCUT2D eigenvalue weighted by atomic mass is 32.1. The first kappa shape index (κ1) is 18.7. The zero-order chi connectivity index (χ0) is 20.9. The second-order valence-electron chi connectivity index (χ2n) is 7.46. The quantitative estimate of drug-likeness (QED) is 0.488. The molecule has 0 saturated heterocycles. The number of ketones is 1. The van der Waals surface area contributed by atoms with Gasteiger partial charge in [-0.05, 0) is 49.2 Å². The average Bonchev–Trinajstić information content (AvgIpc) is 3.39. The van der Waals surface area contributed by atoms with E-state index < -0.39 is 5.60 Å². The molecule has 1 aliphatic heterocycles. The Morgan fingerprint density at radius 3 is 2.70 bits per heavy atom. The van der Waals surface area contributed by atoms with Crippen molar-refractivity contribution in [2.45, 2.75) is 38.7 Å². The van der Waals surface area contributed by atoms with Gasteiger partial charge in [0.15, 0.2) is 10.9 Å². The van der Waals surface area contributed by atoms with Crippen molar-refractivity contribution in [3.63, 3.8) is 0 Å². The van der Waals surface area contributed by atoms with E-state index in [-0.39, 0.29) is 5.78 Å². The molecule has 0 bridgehead atoms. The fourth-order valence-electron chi connectivity index (χ4n) is 3.81. The fraction of sp³-hybridized carbons (Fsp3) is 0.273. The first-order chi connectivity index (χ1) is 14.5. The molecule has 0 saturated carbocycles. The van der Waals surface area contributed by atoms with Crippen molar-refractivity contribution in [2.75, 3.05) is 5.73 Å². The lowest BCUT2D eigenvalue weighted by atomic mass is 9.85. The van der Waals surface area contributed by atoms with Crippen molar-refractivity contribution in [3.05, 3.63) is 42.0 Å². The summed E-state index contributed by atoms with van der Waals surface area (Å²) in [4.78, 5) is 21.6. The zero-order valence-corrected chi connectivity index (χ0v) is 17.5. The average molecular weight is 420 g/mol. The van der Waals surface area contributed by atoms with E-state index in [0.29, 0.717) is 40.1 Å². The van der Waals surface area contributed by atoms with Crippen LogP contribution >= 0.6 is 11.3 Å². The fourth-order valence-corrected chi connectivity index (χ4v) is 4.53. The van der Waals surface area contributed by atoms with Gasteiger partial charge in [0.2, 0.25) is 5.82 Å². The number of carbonyl (C=O) groups excluding carboxylic acids is 1. The first-order valence-corrected chi connectivity index (χ1v) is 10.7. The molecule has 152 valence electrons. The monoisotopic (exact) mass is 420 g/mol. The minimum atomic E-state index is -0.416. The number of nitrogen functional groups attached to an aromatic ring is 1. The summed E-state index contributed by atoms with van der Waals surface area (Å²) < 4.78 is 12.7. The van der Waals surface area contributed by atoms with Gasteiger partial charge in [0.05, 0.1) is 22.2 Å². The van der Waals surface area contributed by atoms with E-state index in [4.69, 9.17) is 15.0 Å². The van der Waals surface area contributed by atoms with Gasteiger partial charge in [0, 0.05) is 11.1 Å². The number of nitrogens with zero attached hydrogens (tertiary/aromatic N) is 3. The number of benzene rings is 2. The third kappa shape index (κ3) is 3.04. The van der Waals surface area contributed by atoms with Crippen LogP contribution in [-0.2, 0) is 0 Å². The van der Waals surface area contributed by atoms with E-state index in [2.05, 4.69) is 15.1 Å². The van der Waals surface area contributed by atoms with E-state index in [1.165, 1.54) is 11.3 Å². The van der Waals surface area contributed by atoms with Crippen molar-refractivity contribution in [3.8, 4) is 28.6 Å². The molecule has 0 atom stereocenters. The Labute approximate surface area is 176 Å². The van der Waals surface area contributed by atoms with Gasteiger partial charge in [-0.3, -0.25) is 4.79 Å². The molecule has 2 aromatic carbocycles. The van der Waals surface area contributed by atoms with E-state index in [9.17, 15) is 4.79 Å². The molecule has 0 unspecified atom stereocenters. The van der Waals surface area contributed by atoms with Gasteiger partial charge in [-0.25, -0.2) is 4.98 Å². The van der Waals surface area contributed by atoms with Gasteiger partial charge in [-0.2, -0.15) is 4.98 Å². The molecule has 5 rings (SSSR count). The number of carbonyl (C=O) groups is 1. The van der Waals surface area contributed by atoms with Crippen molar-refractivity contribution >= 4 is 32.5 Å². The van der Waals surface area contributed by atoms with Crippen LogP contribution in [0.4, 0.5) is 5.13 Å². The van der Waals surface area contributed by atoms with E-state index in [1.807, 2.05) is 44.2 Å². The highest BCUT2D eigenvalue weighted by Gasteiger charge is 2.37. The summed E-state index contributed by atoms with van der Waals surface area (Å²) in [6.45, 7) is 4.10. The van der Waals surface area contributed by atoms with Crippen LogP contribution in [-0.4, -0.2) is 26.5 Å². The van der Waals surface area contributed by atoms with Crippen molar-refractivity contribution in [2.24, 2.45) is 0 Å². The third-order valence-electron chi connectivity index (χ3n) is 5.71. The standard InChI is InChI=1S/C22H20N4O3S/c1-3-22(4-2)11-16(27)14-9-13(5-7-17(14)28-22)20-25-19(26-29-20)12-6-8-18-15(10-12)24-21(23)30-18/h5-10H,3-4,11H2,1-2H3,(H2,23,24). The molecule has 3 heterocycles. The Kier molecular flexibility index (Phi) is 4.32. The van der Waals surface area contributed by atoms with Crippen LogP contribution in [0.25, 0.3) is 33.1 Å². The smallest absolute Gasteiger partial charge is 0.258 e. The van der Waals surface area contributed by atoms with Crippen LogP contribution in [0.3, 0.4) is 0 Å². The lowest BCUT2D eigenvalue weighted by Crippen LogP contribution is -2.40. The number of rotatable bonds is 4. The first-order valence-electron chi connectivity index (χ1n) is 9.87. The van der Waals surface area contributed by atoms with Gasteiger partial charge in [0.1, 0.15) is 11.4 Å². The Balaban J connectivity index is 1.48. The van der Waals surface area contributed by atoms with Crippen molar-refractivity contribution < 1.29 is 14.1 Å². The summed E-state index contributed by atoms with van der Waals surface area (Å²) in [5, 5.41) is 4.62. The van der Waals surface area contributed by atoms with E-state index in [1.54, 1.807) is 6.07 Å². The van der Waals surface area contributed by atoms with E-state index in [0.717, 1.165) is 28.6 Å². The van der Waals surface area contributed by atoms with Gasteiger partial charge >= 0.3 is 0 Å². The maximum Gasteiger partial charge on any atom is 0.258 e. The van der Waals surface area contributed by atoms with Crippen molar-refractivity contribution in [1.82, 2.24) is 15.1 Å². The molecule has 30 heavy (non-hydrogen) atoms. The topological polar surface area (TPSA) is 104 Å². The van der Waals surface area contributed by atoms with Gasteiger partial charge in [-0.1, -0.05) is 30.3 Å². The van der Waals surface area contributed by atoms with Crippen LogP contribution in [0.5, 0.6) is 5.75 Å². The lowest BCUT2D eigenvalue weighted by Gasteiger charge is -2.36. The summed E-state index contributed by atoms with van der Waals surface area (Å²) in [5.41, 5.74) is 8.20. The molecule has 2 aromatic heterocycles. The normalized spacial score (nSPS) is 15.2. The van der Waals surface area contributed by atoms with Crippen LogP contribution in [0.2, 0.25) is 0 Å². The predicted molar refractivity (Wildman–Crippen MR) is 116 cm³/mol. The number of nitrogens with two attached hydrogens (primary N) is 1. The van der Waals surface area contributed by atoms with E-state index >= 15 is 0 Å². The Morgan fingerprint density at radius 2 is 1.90 bits per heavy atom. The highest BCUT2D eigenvalue weighted by Crippen LogP contribution is 2.39. The van der Waals surface area contributed by atoms with Gasteiger partial charge < -0.3 is 15.0 Å². The molecule has 0 fully saturated rings. The predicted octanol–water partition coefficient (Wildman–Crippen LogP) is 5.12. The molecule has 0 aliphatic carbocycles. The largest absolute Gasteiger partial charge is 0.486 e. The Morgan fingerprint density at radius 1 is 1.10 bits per heavy atom. The zero-order valence-electron chi connectivity index (χ0n) is 16.6. The minimum Gasteiger partial charge on any atom is -0.486 e. The number of hydrogen-bond donors (Lipinski definition) is 1. The van der Waals surface area contributed by atoms with Crippen LogP contribution in [0.1, 0.15) is 43.5 Å². The molecule has 2 N–H and O–H groups in total. The minimum absolute atomic E-state index is 0.0770. The number of fused-ring (bicyclic) bond motifs is 2. The molecular formula is C22H20N4O3S. The molecule has 7 nitrogen and oxygen atoms in total. The van der Waals surface area contributed by atoms with Crippen molar-refractivity contribution in [1.29, 1.82) is 0 Å². The number of hydrogen-bond acceptors (Lipinski definition) is 8. The molecule has 1 aliphatic rings. The molecule has 8 heteroatoms. The Bertz CT molecular complexity index is 1270. The third-order valence-corrected chi connectivity index (χ3v) is 6.58. The SMILES string of the molecule is CCC1(CC)CC(=O)c2cc(-c3nc(-c4ccc5sc(N)nc5c4)no3)ccc2O1. The number of Topliss-reactive ketones (excluding diaryl/α,β-unsaturated/α-hetero) is 1. The molecule has 0 radical (unpaired) electrons. The summed E-state index contributed by atoms with van der Waals surface area (Å²) >= 11 is 1.43. The molecular weight excluding hydrogens is 400 g/mol. The number of aromatic nitrogens is 3. The van der Waals surface area contributed by atoms with Crippen LogP contribution < -0.4 is 10.5 Å². The number of ether oxygens (including phenoxy) is 1. The number of anilines is 1. The Hall–Kier alpha value is -3.26. The van der Waals surface area contributed by atoms with Crippen LogP contribution in [0.15, 0.2) is 40.9 Å². The number of thiazole rings is 1. The summed E-state index contributed by atoms with van der Waals surface area (Å²) in [7, 11) is 0. The second kappa shape index (κ2) is 6.91. The summed E-state index contributed by atoms with van der Waals surface area (Å²) in [5.74, 6) is 1.49. The molecule has 4 aromatic rings. The molecule has 0 amide bonds. The molecule has 0 spiro atoms. The maximum atomic E-state index is 12.8. The van der Waals surface area contributed by atoms with Crippen LogP contribution in [0, 0.1) is 0 Å². The second-order valence-corrected chi connectivity index (χ2v) is 8.52. The van der Waals surface area contributed by atoms with Gasteiger partial charge in [-0.15, -0.1) is 0 Å². The summed E-state index contributed by atoms with van der Waals surface area (Å²) in [6.07, 6.45) is 1.96. The highest BCUT2D eigenvalue weighted by molar-refractivity contribution is 7.22. The maximum absolute atomic E-state index is 12.8. The summed E-state index contributed by atoms with van der Waals surface area (Å²) in [6, 6.07) is 11.2. The van der Waals surface area contributed by atoms with Gasteiger partial charge in [0.25, 0.3) is 5.89 Å².